The summed E-state index contributed by atoms with van der Waals surface area (Å²) >= 11 is 13.1. The molecule has 2 aromatic rings. The maximum atomic E-state index is 13.6. The third-order valence-electron chi connectivity index (χ3n) is 2.60. The van der Waals surface area contributed by atoms with Gasteiger partial charge < -0.3 is 5.32 Å². The van der Waals surface area contributed by atoms with E-state index in [1.54, 1.807) is 0 Å². The summed E-state index contributed by atoms with van der Waals surface area (Å²) in [5.41, 5.74) is 1.07. The Labute approximate surface area is 131 Å². The summed E-state index contributed by atoms with van der Waals surface area (Å²) in [4.78, 5) is 0.906. The van der Waals surface area contributed by atoms with E-state index < -0.39 is 5.82 Å². The predicted octanol–water partition coefficient (Wildman–Crippen LogP) is 4.54. The van der Waals surface area contributed by atoms with E-state index in [4.69, 9.17) is 23.2 Å². The summed E-state index contributed by atoms with van der Waals surface area (Å²) in [6.07, 6.45) is 0. The van der Waals surface area contributed by atoms with Gasteiger partial charge in [-0.2, -0.15) is 0 Å². The lowest BCUT2D eigenvalue weighted by atomic mass is 10.1. The van der Waals surface area contributed by atoms with Gasteiger partial charge in [0.15, 0.2) is 0 Å². The van der Waals surface area contributed by atoms with Gasteiger partial charge >= 0.3 is 0 Å². The van der Waals surface area contributed by atoms with Gasteiger partial charge in [0, 0.05) is 17.6 Å². The SMILES string of the molecule is CC(C)(C)NCc1snnc1-c1cc(F)c(Cl)cc1Cl. The minimum atomic E-state index is -0.520. The van der Waals surface area contributed by atoms with Gasteiger partial charge in [0.1, 0.15) is 11.5 Å². The van der Waals surface area contributed by atoms with E-state index in [9.17, 15) is 4.39 Å². The molecule has 0 unspecified atom stereocenters. The normalized spacial score (nSPS) is 11.9. The fourth-order valence-electron chi connectivity index (χ4n) is 1.58. The summed E-state index contributed by atoms with van der Waals surface area (Å²) in [6, 6.07) is 2.68. The van der Waals surface area contributed by atoms with Crippen molar-refractivity contribution in [3.05, 3.63) is 32.9 Å². The van der Waals surface area contributed by atoms with Crippen LogP contribution in [0.4, 0.5) is 4.39 Å². The van der Waals surface area contributed by atoms with E-state index in [0.717, 1.165) is 4.88 Å². The minimum absolute atomic E-state index is 0.00342. The first-order valence-corrected chi connectivity index (χ1v) is 7.52. The molecule has 0 spiro atoms. The van der Waals surface area contributed by atoms with E-state index in [1.807, 2.05) is 0 Å². The van der Waals surface area contributed by atoms with E-state index in [-0.39, 0.29) is 10.6 Å². The molecule has 0 saturated carbocycles. The molecule has 1 aromatic carbocycles. The van der Waals surface area contributed by atoms with Crippen molar-refractivity contribution in [2.24, 2.45) is 0 Å². The molecule has 0 atom stereocenters. The molecule has 20 heavy (non-hydrogen) atoms. The molecule has 108 valence electrons. The maximum absolute atomic E-state index is 13.6. The third kappa shape index (κ3) is 3.67. The summed E-state index contributed by atoms with van der Waals surface area (Å²) in [7, 11) is 0. The van der Waals surface area contributed by atoms with Crippen LogP contribution < -0.4 is 5.32 Å². The van der Waals surface area contributed by atoms with Crippen LogP contribution in [-0.2, 0) is 6.54 Å². The molecule has 0 radical (unpaired) electrons. The van der Waals surface area contributed by atoms with Crippen LogP contribution in [0.25, 0.3) is 11.3 Å². The number of halogens is 3. The molecule has 0 aliphatic rings. The topological polar surface area (TPSA) is 37.8 Å². The van der Waals surface area contributed by atoms with Gasteiger partial charge in [0.05, 0.1) is 14.9 Å². The zero-order valence-electron chi connectivity index (χ0n) is 11.3. The van der Waals surface area contributed by atoms with Crippen molar-refractivity contribution in [1.82, 2.24) is 14.9 Å². The zero-order chi connectivity index (χ0) is 14.9. The molecule has 0 fully saturated rings. The van der Waals surface area contributed by atoms with Crippen molar-refractivity contribution in [1.29, 1.82) is 0 Å². The summed E-state index contributed by atoms with van der Waals surface area (Å²) < 4.78 is 17.5. The van der Waals surface area contributed by atoms with Crippen LogP contribution in [0.2, 0.25) is 10.0 Å². The average Bonchev–Trinajstić information content (AvgIpc) is 2.78. The number of nitrogens with zero attached hydrogens (tertiary/aromatic N) is 2. The summed E-state index contributed by atoms with van der Waals surface area (Å²) in [6.45, 7) is 6.79. The Balaban J connectivity index is 2.35. The number of nitrogens with one attached hydrogen (secondary N) is 1. The second-order valence-corrected chi connectivity index (χ2v) is 7.05. The Morgan fingerprint density at radius 3 is 2.60 bits per heavy atom. The van der Waals surface area contributed by atoms with Crippen LogP contribution >= 0.6 is 34.7 Å². The predicted molar refractivity (Wildman–Crippen MR) is 81.9 cm³/mol. The van der Waals surface area contributed by atoms with Crippen LogP contribution in [0.5, 0.6) is 0 Å². The Kier molecular flexibility index (Phi) is 4.64. The van der Waals surface area contributed by atoms with Crippen LogP contribution in [-0.4, -0.2) is 15.1 Å². The molecule has 3 nitrogen and oxygen atoms in total. The van der Waals surface area contributed by atoms with Crippen LogP contribution in [0.3, 0.4) is 0 Å². The van der Waals surface area contributed by atoms with Gasteiger partial charge in [0.2, 0.25) is 0 Å². The van der Waals surface area contributed by atoms with Crippen LogP contribution in [0, 0.1) is 5.82 Å². The van der Waals surface area contributed by atoms with Crippen molar-refractivity contribution in [3.8, 4) is 11.3 Å². The first-order chi connectivity index (χ1) is 9.28. The average molecular weight is 334 g/mol. The Bertz CT molecular complexity index is 623. The largest absolute Gasteiger partial charge is 0.307 e. The van der Waals surface area contributed by atoms with Gasteiger partial charge in [-0.25, -0.2) is 4.39 Å². The number of benzene rings is 1. The molecule has 0 aliphatic heterocycles. The molecular formula is C13H14Cl2FN3S. The lowest BCUT2D eigenvalue weighted by Crippen LogP contribution is -2.34. The summed E-state index contributed by atoms with van der Waals surface area (Å²) in [5.74, 6) is -0.520. The molecule has 7 heteroatoms. The standard InChI is InChI=1S/C13H14Cl2FN3S/c1-13(2,3)17-6-11-12(18-19-20-11)7-4-10(16)9(15)5-8(7)14/h4-5,17H,6H2,1-3H3. The van der Waals surface area contributed by atoms with E-state index in [2.05, 4.69) is 35.7 Å². The fraction of sp³-hybridized carbons (Fsp3) is 0.385. The van der Waals surface area contributed by atoms with Gasteiger partial charge in [-0.05, 0) is 44.4 Å². The Morgan fingerprint density at radius 2 is 1.95 bits per heavy atom. The highest BCUT2D eigenvalue weighted by atomic mass is 35.5. The Morgan fingerprint density at radius 1 is 1.25 bits per heavy atom. The monoisotopic (exact) mass is 333 g/mol. The fourth-order valence-corrected chi connectivity index (χ4v) is 2.65. The van der Waals surface area contributed by atoms with Gasteiger partial charge in [-0.3, -0.25) is 0 Å². The zero-order valence-corrected chi connectivity index (χ0v) is 13.6. The van der Waals surface area contributed by atoms with Crippen LogP contribution in [0.15, 0.2) is 12.1 Å². The van der Waals surface area contributed by atoms with Crippen molar-refractivity contribution in [2.45, 2.75) is 32.9 Å². The smallest absolute Gasteiger partial charge is 0.142 e. The second kappa shape index (κ2) is 5.93. The van der Waals surface area contributed by atoms with Crippen LogP contribution in [0.1, 0.15) is 25.6 Å². The number of rotatable bonds is 3. The van der Waals surface area contributed by atoms with E-state index in [1.165, 1.54) is 23.7 Å². The number of aromatic nitrogens is 2. The van der Waals surface area contributed by atoms with Gasteiger partial charge in [0.25, 0.3) is 0 Å². The molecule has 1 aromatic heterocycles. The third-order valence-corrected chi connectivity index (χ3v) is 3.92. The van der Waals surface area contributed by atoms with Crippen molar-refractivity contribution >= 4 is 34.7 Å². The molecule has 1 heterocycles. The highest BCUT2D eigenvalue weighted by Crippen LogP contribution is 2.34. The Hall–Kier alpha value is -0.750. The van der Waals surface area contributed by atoms with Gasteiger partial charge in [-0.1, -0.05) is 27.7 Å². The van der Waals surface area contributed by atoms with E-state index >= 15 is 0 Å². The minimum Gasteiger partial charge on any atom is -0.307 e. The van der Waals surface area contributed by atoms with Gasteiger partial charge in [-0.15, -0.1) is 5.10 Å². The lowest BCUT2D eigenvalue weighted by molar-refractivity contribution is 0.426. The van der Waals surface area contributed by atoms with Crippen molar-refractivity contribution < 1.29 is 4.39 Å². The molecule has 2 rings (SSSR count). The molecule has 0 amide bonds. The summed E-state index contributed by atoms with van der Waals surface area (Å²) in [5, 5.41) is 7.76. The number of hydrogen-bond donors (Lipinski definition) is 1. The van der Waals surface area contributed by atoms with Crippen molar-refractivity contribution in [2.75, 3.05) is 0 Å². The quantitative estimate of drug-likeness (QED) is 0.838. The lowest BCUT2D eigenvalue weighted by Gasteiger charge is -2.20. The molecule has 0 bridgehead atoms. The first kappa shape index (κ1) is 15.6. The van der Waals surface area contributed by atoms with Crippen molar-refractivity contribution in [3.63, 3.8) is 0 Å². The maximum Gasteiger partial charge on any atom is 0.142 e. The molecular weight excluding hydrogens is 320 g/mol. The number of hydrogen-bond acceptors (Lipinski definition) is 4. The molecule has 0 saturated heterocycles. The highest BCUT2D eigenvalue weighted by molar-refractivity contribution is 7.06. The first-order valence-electron chi connectivity index (χ1n) is 5.99. The molecule has 1 N–H and O–H groups in total. The second-order valence-electron chi connectivity index (χ2n) is 5.39. The highest BCUT2D eigenvalue weighted by Gasteiger charge is 2.18. The molecule has 0 aliphatic carbocycles. The van der Waals surface area contributed by atoms with E-state index in [0.29, 0.717) is 22.8 Å².